The molecule has 2 aliphatic rings. The summed E-state index contributed by atoms with van der Waals surface area (Å²) in [6.45, 7) is 8.93. The highest BCUT2D eigenvalue weighted by Crippen LogP contribution is 2.51. The SMILES string of the molecule is CC1=C2CCCCC2(c2ccc(CCC(C)(C)C)c(Cl)c2)CC(=O)N1CCC(=O)O. The molecule has 0 aromatic heterocycles. The van der Waals surface area contributed by atoms with Crippen LogP contribution >= 0.6 is 11.6 Å². The van der Waals surface area contributed by atoms with E-state index >= 15 is 0 Å². The van der Waals surface area contributed by atoms with Crippen LogP contribution in [0, 0.1) is 5.41 Å². The number of benzene rings is 1. The highest BCUT2D eigenvalue weighted by molar-refractivity contribution is 6.31. The summed E-state index contributed by atoms with van der Waals surface area (Å²) < 4.78 is 0. The smallest absolute Gasteiger partial charge is 0.305 e. The third kappa shape index (κ3) is 4.74. The number of carboxylic acid groups (broad SMARTS) is 1. The van der Waals surface area contributed by atoms with Gasteiger partial charge in [0.15, 0.2) is 0 Å². The van der Waals surface area contributed by atoms with Gasteiger partial charge in [-0.1, -0.05) is 50.9 Å². The summed E-state index contributed by atoms with van der Waals surface area (Å²) in [4.78, 5) is 25.8. The zero-order chi connectivity index (χ0) is 22.1. The van der Waals surface area contributed by atoms with Crippen molar-refractivity contribution in [3.63, 3.8) is 0 Å². The molecule has 1 heterocycles. The molecule has 1 atom stereocenters. The van der Waals surface area contributed by atoms with Gasteiger partial charge in [0, 0.05) is 29.1 Å². The number of nitrogens with zero attached hydrogens (tertiary/aromatic N) is 1. The third-order valence-corrected chi connectivity index (χ3v) is 7.10. The standard InChI is InChI=1S/C25H34ClNO3/c1-17-20-7-5-6-12-25(20,16-22(28)27(17)14-11-23(29)30)19-9-8-18(21(26)15-19)10-13-24(2,3)4/h8-9,15H,5-7,10-14,16H2,1-4H3,(H,29,30). The van der Waals surface area contributed by atoms with E-state index in [1.807, 2.05) is 6.92 Å². The Kier molecular flexibility index (Phi) is 6.66. The molecule has 1 aromatic rings. The molecule has 0 radical (unpaired) electrons. The van der Waals surface area contributed by atoms with Crippen molar-refractivity contribution in [2.24, 2.45) is 5.41 Å². The van der Waals surface area contributed by atoms with E-state index in [0.717, 1.165) is 60.4 Å². The first-order chi connectivity index (χ1) is 14.0. The van der Waals surface area contributed by atoms with Crippen LogP contribution in [0.2, 0.25) is 5.02 Å². The van der Waals surface area contributed by atoms with Crippen LogP contribution in [0.4, 0.5) is 0 Å². The molecule has 1 aromatic carbocycles. The lowest BCUT2D eigenvalue weighted by molar-refractivity contribution is -0.138. The predicted octanol–water partition coefficient (Wildman–Crippen LogP) is 6.11. The fourth-order valence-electron chi connectivity index (χ4n) is 5.02. The van der Waals surface area contributed by atoms with Gasteiger partial charge < -0.3 is 10.0 Å². The maximum atomic E-state index is 13.1. The van der Waals surface area contributed by atoms with E-state index in [9.17, 15) is 9.59 Å². The molecule has 5 heteroatoms. The number of carboxylic acids is 1. The van der Waals surface area contributed by atoms with Crippen LogP contribution in [0.15, 0.2) is 29.5 Å². The summed E-state index contributed by atoms with van der Waals surface area (Å²) in [5.41, 5.74) is 4.48. The predicted molar refractivity (Wildman–Crippen MR) is 121 cm³/mol. The minimum atomic E-state index is -0.876. The molecule has 1 unspecified atom stereocenters. The van der Waals surface area contributed by atoms with Crippen LogP contribution in [0.1, 0.15) is 83.8 Å². The Bertz CT molecular complexity index is 868. The Hall–Kier alpha value is -1.81. The Morgan fingerprint density at radius 3 is 2.63 bits per heavy atom. The first-order valence-electron chi connectivity index (χ1n) is 11.0. The van der Waals surface area contributed by atoms with Gasteiger partial charge in [-0.2, -0.15) is 0 Å². The number of rotatable bonds is 6. The van der Waals surface area contributed by atoms with Crippen molar-refractivity contribution >= 4 is 23.5 Å². The lowest BCUT2D eigenvalue weighted by Crippen LogP contribution is -2.46. The van der Waals surface area contributed by atoms with Crippen LogP contribution in [0.5, 0.6) is 0 Å². The van der Waals surface area contributed by atoms with E-state index in [0.29, 0.717) is 6.42 Å². The topological polar surface area (TPSA) is 57.6 Å². The van der Waals surface area contributed by atoms with E-state index in [4.69, 9.17) is 16.7 Å². The second-order valence-electron chi connectivity index (χ2n) is 10.1. The second kappa shape index (κ2) is 8.74. The van der Waals surface area contributed by atoms with E-state index in [1.165, 1.54) is 5.57 Å². The number of aryl methyl sites for hydroxylation is 1. The van der Waals surface area contributed by atoms with E-state index < -0.39 is 5.97 Å². The Morgan fingerprint density at radius 2 is 2.00 bits per heavy atom. The van der Waals surface area contributed by atoms with Crippen molar-refractivity contribution in [3.05, 3.63) is 45.6 Å². The largest absolute Gasteiger partial charge is 0.481 e. The van der Waals surface area contributed by atoms with Crippen molar-refractivity contribution in [3.8, 4) is 0 Å². The molecule has 1 N–H and O–H groups in total. The summed E-state index contributed by atoms with van der Waals surface area (Å²) in [5, 5.41) is 9.85. The zero-order valence-electron chi connectivity index (χ0n) is 18.7. The van der Waals surface area contributed by atoms with Crippen LogP contribution < -0.4 is 0 Å². The van der Waals surface area contributed by atoms with Crippen molar-refractivity contribution in [2.75, 3.05) is 6.54 Å². The Labute approximate surface area is 185 Å². The average molecular weight is 432 g/mol. The van der Waals surface area contributed by atoms with Gasteiger partial charge in [-0.15, -0.1) is 0 Å². The van der Waals surface area contributed by atoms with Gasteiger partial charge in [0.2, 0.25) is 5.91 Å². The minimum Gasteiger partial charge on any atom is -0.481 e. The lowest BCUT2D eigenvalue weighted by atomic mass is 9.62. The van der Waals surface area contributed by atoms with E-state index in [1.54, 1.807) is 4.90 Å². The monoisotopic (exact) mass is 431 g/mol. The fourth-order valence-corrected chi connectivity index (χ4v) is 5.30. The lowest BCUT2D eigenvalue weighted by Gasteiger charge is -2.47. The summed E-state index contributed by atoms with van der Waals surface area (Å²) in [7, 11) is 0. The van der Waals surface area contributed by atoms with E-state index in [-0.39, 0.29) is 29.7 Å². The number of carbonyl (C=O) groups is 2. The number of allylic oxidation sites excluding steroid dienone is 2. The minimum absolute atomic E-state index is 0.0207. The summed E-state index contributed by atoms with van der Waals surface area (Å²) in [6, 6.07) is 6.39. The van der Waals surface area contributed by atoms with Gasteiger partial charge in [0.1, 0.15) is 0 Å². The van der Waals surface area contributed by atoms with Gasteiger partial charge in [0.25, 0.3) is 0 Å². The molecule has 0 saturated heterocycles. The molecule has 1 amide bonds. The molecular weight excluding hydrogens is 398 g/mol. The molecule has 30 heavy (non-hydrogen) atoms. The Balaban J connectivity index is 1.96. The molecule has 1 aliphatic carbocycles. The molecule has 164 valence electrons. The van der Waals surface area contributed by atoms with Gasteiger partial charge in [-0.3, -0.25) is 9.59 Å². The molecule has 1 aliphatic heterocycles. The molecular formula is C25H34ClNO3. The highest BCUT2D eigenvalue weighted by atomic mass is 35.5. The molecule has 4 nitrogen and oxygen atoms in total. The first-order valence-corrected chi connectivity index (χ1v) is 11.4. The second-order valence-corrected chi connectivity index (χ2v) is 10.5. The summed E-state index contributed by atoms with van der Waals surface area (Å²) in [5.74, 6) is -0.856. The van der Waals surface area contributed by atoms with Crippen LogP contribution in [0.3, 0.4) is 0 Å². The van der Waals surface area contributed by atoms with Gasteiger partial charge >= 0.3 is 5.97 Å². The molecule has 1 fully saturated rings. The normalized spacial score (nSPS) is 22.3. The number of carbonyl (C=O) groups excluding carboxylic acids is 1. The molecule has 3 rings (SSSR count). The summed E-state index contributed by atoms with van der Waals surface area (Å²) in [6.07, 6.45) is 6.46. The molecule has 0 spiro atoms. The van der Waals surface area contributed by atoms with Crippen LogP contribution in [0.25, 0.3) is 0 Å². The number of halogens is 1. The zero-order valence-corrected chi connectivity index (χ0v) is 19.4. The van der Waals surface area contributed by atoms with Crippen molar-refractivity contribution in [1.82, 2.24) is 4.90 Å². The molecule has 1 saturated carbocycles. The van der Waals surface area contributed by atoms with Crippen molar-refractivity contribution < 1.29 is 14.7 Å². The number of amides is 1. The van der Waals surface area contributed by atoms with Crippen LogP contribution in [-0.2, 0) is 21.4 Å². The number of aliphatic carboxylic acids is 1. The molecule has 0 bridgehead atoms. The maximum Gasteiger partial charge on any atom is 0.305 e. The average Bonchev–Trinajstić information content (AvgIpc) is 2.65. The van der Waals surface area contributed by atoms with Crippen molar-refractivity contribution in [2.45, 2.75) is 84.5 Å². The van der Waals surface area contributed by atoms with Gasteiger partial charge in [-0.05, 0) is 67.2 Å². The van der Waals surface area contributed by atoms with Crippen LogP contribution in [-0.4, -0.2) is 28.4 Å². The third-order valence-electron chi connectivity index (χ3n) is 6.75. The highest BCUT2D eigenvalue weighted by Gasteiger charge is 2.46. The summed E-state index contributed by atoms with van der Waals surface area (Å²) >= 11 is 6.71. The number of hydrogen-bond donors (Lipinski definition) is 1. The fraction of sp³-hybridized carbons (Fsp3) is 0.600. The van der Waals surface area contributed by atoms with Crippen molar-refractivity contribution in [1.29, 1.82) is 0 Å². The Morgan fingerprint density at radius 1 is 1.27 bits per heavy atom. The quantitative estimate of drug-likeness (QED) is 0.590. The maximum absolute atomic E-state index is 13.1. The van der Waals surface area contributed by atoms with Gasteiger partial charge in [0.05, 0.1) is 6.42 Å². The van der Waals surface area contributed by atoms with E-state index in [2.05, 4.69) is 39.0 Å². The van der Waals surface area contributed by atoms with Gasteiger partial charge in [-0.25, -0.2) is 0 Å². The number of hydrogen-bond acceptors (Lipinski definition) is 2. The first kappa shape index (κ1) is 22.9. The number of fused-ring (bicyclic) bond motifs is 1.